The minimum Gasteiger partial charge on any atom is -0.353 e. The molecule has 2 N–H and O–H groups in total. The Balaban J connectivity index is 2.01. The number of carbonyl (C=O) groups is 1. The van der Waals surface area contributed by atoms with Gasteiger partial charge in [0.05, 0.1) is 5.38 Å². The van der Waals surface area contributed by atoms with E-state index in [1.54, 1.807) is 7.11 Å². The van der Waals surface area contributed by atoms with E-state index >= 15 is 0 Å². The summed E-state index contributed by atoms with van der Waals surface area (Å²) < 4.78 is 5.19. The number of carbonyl (C=O) groups excluding carboxylic acids is 1. The van der Waals surface area contributed by atoms with Crippen molar-refractivity contribution in [1.29, 1.82) is 0 Å². The molecule has 1 fully saturated rings. The molecule has 0 spiro atoms. The first-order chi connectivity index (χ1) is 10.0. The van der Waals surface area contributed by atoms with Gasteiger partial charge in [-0.05, 0) is 11.5 Å². The molecule has 0 saturated carbocycles. The van der Waals surface area contributed by atoms with Gasteiger partial charge in [-0.25, -0.2) is 0 Å². The van der Waals surface area contributed by atoms with Crippen molar-refractivity contribution in [3.8, 4) is 0 Å². The Morgan fingerprint density at radius 2 is 1.81 bits per heavy atom. The minimum absolute atomic E-state index is 0.00226. The largest absolute Gasteiger partial charge is 0.353 e. The van der Waals surface area contributed by atoms with Crippen molar-refractivity contribution in [1.82, 2.24) is 10.6 Å². The summed E-state index contributed by atoms with van der Waals surface area (Å²) >= 11 is 6.14. The second kappa shape index (κ2) is 7.36. The van der Waals surface area contributed by atoms with Gasteiger partial charge in [0.15, 0.2) is 12.1 Å². The third kappa shape index (κ3) is 4.04. The molecule has 0 aliphatic carbocycles. The number of hydrogen-bond acceptors (Lipinski definition) is 4. The lowest BCUT2D eigenvalue weighted by Gasteiger charge is -2.30. The summed E-state index contributed by atoms with van der Waals surface area (Å²) in [6.07, 6.45) is -0.0786. The van der Waals surface area contributed by atoms with Gasteiger partial charge in [0.2, 0.25) is 0 Å². The number of ketones is 1. The van der Waals surface area contributed by atoms with Crippen molar-refractivity contribution in [2.75, 3.05) is 20.2 Å². The highest BCUT2D eigenvalue weighted by Gasteiger charge is 2.23. The van der Waals surface area contributed by atoms with Crippen LogP contribution in [0.25, 0.3) is 0 Å². The van der Waals surface area contributed by atoms with E-state index in [0.717, 1.165) is 13.1 Å². The molecule has 0 radical (unpaired) electrons. The van der Waals surface area contributed by atoms with E-state index in [2.05, 4.69) is 10.6 Å². The third-order valence-corrected chi connectivity index (χ3v) is 4.54. The molecule has 1 saturated heterocycles. The SMILES string of the molecule is COC1NCC(c2ccc(C(=O)C(Cl)C(C)C)cc2)CN1. The summed E-state index contributed by atoms with van der Waals surface area (Å²) in [5.74, 6) is 0.506. The number of nitrogens with one attached hydrogen (secondary N) is 2. The Hall–Kier alpha value is -0.940. The number of benzene rings is 1. The van der Waals surface area contributed by atoms with Crippen molar-refractivity contribution in [2.45, 2.75) is 31.5 Å². The van der Waals surface area contributed by atoms with Crippen LogP contribution in [-0.2, 0) is 4.74 Å². The molecule has 1 heterocycles. The van der Waals surface area contributed by atoms with Crippen molar-refractivity contribution < 1.29 is 9.53 Å². The molecule has 1 atom stereocenters. The average Bonchev–Trinajstić information content (AvgIpc) is 2.53. The maximum absolute atomic E-state index is 12.2. The van der Waals surface area contributed by atoms with Crippen molar-refractivity contribution in [3.63, 3.8) is 0 Å². The zero-order valence-corrected chi connectivity index (χ0v) is 13.5. The zero-order chi connectivity index (χ0) is 15.4. The molecule has 1 aliphatic rings. The molecule has 2 rings (SSSR count). The maximum Gasteiger partial charge on any atom is 0.180 e. The van der Waals surface area contributed by atoms with Gasteiger partial charge in [0.1, 0.15) is 0 Å². The molecule has 1 aliphatic heterocycles. The molecule has 4 nitrogen and oxygen atoms in total. The topological polar surface area (TPSA) is 50.4 Å². The normalized spacial score (nSPS) is 24.0. The van der Waals surface area contributed by atoms with Crippen LogP contribution in [0.15, 0.2) is 24.3 Å². The van der Waals surface area contributed by atoms with Crippen LogP contribution in [0.5, 0.6) is 0 Å². The van der Waals surface area contributed by atoms with Gasteiger partial charge in [-0.2, -0.15) is 0 Å². The van der Waals surface area contributed by atoms with Crippen LogP contribution in [0.1, 0.15) is 35.7 Å². The molecule has 0 bridgehead atoms. The highest BCUT2D eigenvalue weighted by Crippen LogP contribution is 2.20. The van der Waals surface area contributed by atoms with E-state index in [9.17, 15) is 4.79 Å². The van der Waals surface area contributed by atoms with Gasteiger partial charge < -0.3 is 4.74 Å². The number of methoxy groups -OCH3 is 1. The molecule has 5 heteroatoms. The summed E-state index contributed by atoms with van der Waals surface area (Å²) in [4.78, 5) is 12.2. The Morgan fingerprint density at radius 1 is 1.24 bits per heavy atom. The first-order valence-electron chi connectivity index (χ1n) is 7.30. The summed E-state index contributed by atoms with van der Waals surface area (Å²) in [5.41, 5.74) is 1.88. The van der Waals surface area contributed by atoms with E-state index in [-0.39, 0.29) is 18.1 Å². The lowest BCUT2D eigenvalue weighted by molar-refractivity contribution is 0.0294. The Morgan fingerprint density at radius 3 is 2.29 bits per heavy atom. The van der Waals surface area contributed by atoms with Crippen LogP contribution in [0.2, 0.25) is 0 Å². The lowest BCUT2D eigenvalue weighted by Crippen LogP contribution is -2.52. The molecular formula is C16H23ClN2O2. The number of alkyl halides is 1. The Bertz CT molecular complexity index is 468. The molecule has 21 heavy (non-hydrogen) atoms. The number of ether oxygens (including phenoxy) is 1. The second-order valence-corrected chi connectivity index (χ2v) is 6.23. The quantitative estimate of drug-likeness (QED) is 0.647. The summed E-state index contributed by atoms with van der Waals surface area (Å²) in [7, 11) is 1.67. The van der Waals surface area contributed by atoms with Crippen LogP contribution in [0.3, 0.4) is 0 Å². The van der Waals surface area contributed by atoms with Gasteiger partial charge in [-0.3, -0.25) is 15.4 Å². The third-order valence-electron chi connectivity index (χ3n) is 3.84. The summed E-state index contributed by atoms with van der Waals surface area (Å²) in [5, 5.41) is 6.07. The van der Waals surface area contributed by atoms with Gasteiger partial charge in [-0.1, -0.05) is 38.1 Å². The standard InChI is InChI=1S/C16H23ClN2O2/c1-10(2)14(17)15(20)12-6-4-11(5-7-12)13-8-18-16(21-3)19-9-13/h4-7,10,13-14,16,18-19H,8-9H2,1-3H3. The van der Waals surface area contributed by atoms with Gasteiger partial charge in [-0.15, -0.1) is 11.6 Å². The first-order valence-corrected chi connectivity index (χ1v) is 7.74. The molecule has 1 aromatic rings. The van der Waals surface area contributed by atoms with E-state index in [1.807, 2.05) is 38.1 Å². The number of halogens is 1. The molecule has 0 amide bonds. The van der Waals surface area contributed by atoms with Crippen molar-refractivity contribution in [2.24, 2.45) is 5.92 Å². The van der Waals surface area contributed by atoms with Crippen LogP contribution < -0.4 is 10.6 Å². The maximum atomic E-state index is 12.2. The second-order valence-electron chi connectivity index (χ2n) is 5.76. The fraction of sp³-hybridized carbons (Fsp3) is 0.562. The van der Waals surface area contributed by atoms with Crippen LogP contribution in [0.4, 0.5) is 0 Å². The van der Waals surface area contributed by atoms with Gasteiger partial charge in [0, 0.05) is 31.7 Å². The van der Waals surface area contributed by atoms with Crippen LogP contribution >= 0.6 is 11.6 Å². The molecule has 0 aromatic heterocycles. The predicted octanol–water partition coefficient (Wildman–Crippen LogP) is 2.34. The molecular weight excluding hydrogens is 288 g/mol. The lowest BCUT2D eigenvalue weighted by atomic mass is 9.94. The number of hydrogen-bond donors (Lipinski definition) is 2. The average molecular weight is 311 g/mol. The zero-order valence-electron chi connectivity index (χ0n) is 12.7. The predicted molar refractivity (Wildman–Crippen MR) is 84.8 cm³/mol. The smallest absolute Gasteiger partial charge is 0.180 e. The highest BCUT2D eigenvalue weighted by molar-refractivity contribution is 6.34. The monoisotopic (exact) mass is 310 g/mol. The van der Waals surface area contributed by atoms with E-state index in [4.69, 9.17) is 16.3 Å². The van der Waals surface area contributed by atoms with Crippen molar-refractivity contribution in [3.05, 3.63) is 35.4 Å². The Labute approximate surface area is 131 Å². The first kappa shape index (κ1) is 16.4. The van der Waals surface area contributed by atoms with Crippen LogP contribution in [0, 0.1) is 5.92 Å². The van der Waals surface area contributed by atoms with E-state index in [1.165, 1.54) is 5.56 Å². The molecule has 1 aromatic carbocycles. The fourth-order valence-electron chi connectivity index (χ4n) is 2.43. The molecule has 116 valence electrons. The number of Topliss-reactive ketones (excluding diaryl/α,β-unsaturated/α-hetero) is 1. The Kier molecular flexibility index (Phi) is 5.76. The molecule has 1 unspecified atom stereocenters. The van der Waals surface area contributed by atoms with Crippen molar-refractivity contribution >= 4 is 17.4 Å². The van der Waals surface area contributed by atoms with E-state index in [0.29, 0.717) is 11.5 Å². The fourth-order valence-corrected chi connectivity index (χ4v) is 2.55. The minimum atomic E-state index is -0.462. The van der Waals surface area contributed by atoms with Gasteiger partial charge >= 0.3 is 0 Å². The summed E-state index contributed by atoms with van der Waals surface area (Å²) in [6, 6.07) is 7.77. The summed E-state index contributed by atoms with van der Waals surface area (Å²) in [6.45, 7) is 5.61. The highest BCUT2D eigenvalue weighted by atomic mass is 35.5. The van der Waals surface area contributed by atoms with E-state index < -0.39 is 5.38 Å². The van der Waals surface area contributed by atoms with Gasteiger partial charge in [0.25, 0.3) is 0 Å². The van der Waals surface area contributed by atoms with Crippen LogP contribution in [-0.4, -0.2) is 37.7 Å². The number of rotatable bonds is 5.